The first-order chi connectivity index (χ1) is 8.04. The molecule has 1 unspecified atom stereocenters. The Balaban J connectivity index is -0.0000000853. The number of ether oxygens (including phenoxy) is 2. The molecule has 0 spiro atoms. The molecule has 0 saturated carbocycles. The van der Waals surface area contributed by atoms with Crippen LogP contribution >= 0.6 is 0 Å². The summed E-state index contributed by atoms with van der Waals surface area (Å²) in [5.74, 6) is 0. The van der Waals surface area contributed by atoms with Gasteiger partial charge in [-0.3, -0.25) is 0 Å². The molecule has 0 aliphatic heterocycles. The average molecular weight is 365 g/mol. The van der Waals surface area contributed by atoms with Crippen molar-refractivity contribution in [3.05, 3.63) is 0 Å². The van der Waals surface area contributed by atoms with Crippen molar-refractivity contribution in [1.29, 1.82) is 0 Å². The van der Waals surface area contributed by atoms with Crippen LogP contribution in [0.1, 0.15) is 51.5 Å². The van der Waals surface area contributed by atoms with E-state index in [1.165, 1.54) is 0 Å². The van der Waals surface area contributed by atoms with E-state index in [0.29, 0.717) is 26.4 Å². The molecule has 0 aliphatic rings. The lowest BCUT2D eigenvalue weighted by molar-refractivity contribution is 0.0102. The minimum atomic E-state index is -2.71. The summed E-state index contributed by atoms with van der Waals surface area (Å²) in [6.45, 7) is 5.42. The van der Waals surface area contributed by atoms with Crippen LogP contribution in [0.2, 0.25) is 6.55 Å². The zero-order valence-corrected chi connectivity index (χ0v) is 12.1. The van der Waals surface area contributed by atoms with Gasteiger partial charge in [-0.2, -0.15) is 0 Å². The van der Waals surface area contributed by atoms with Crippen molar-refractivity contribution in [1.82, 2.24) is 0 Å². The lowest BCUT2D eigenvalue weighted by Gasteiger charge is -2.26. The molecular formula is C16H48O6Si. The highest BCUT2D eigenvalue weighted by Crippen LogP contribution is 2.10. The van der Waals surface area contributed by atoms with E-state index in [1.54, 1.807) is 27.7 Å². The van der Waals surface area contributed by atoms with E-state index >= 15 is 0 Å². The topological polar surface area (TPSA) is 66.4 Å². The van der Waals surface area contributed by atoms with Crippen molar-refractivity contribution in [2.24, 2.45) is 0 Å². The highest BCUT2D eigenvalue weighted by atomic mass is 28.4. The smallest absolute Gasteiger partial charge is 0.391 e. The molecule has 0 aromatic heterocycles. The highest BCUT2D eigenvalue weighted by molar-refractivity contribution is 6.59. The molecule has 0 aliphatic carbocycles. The maximum Gasteiger partial charge on any atom is 0.497 e. The Labute approximate surface area is 148 Å². The van der Waals surface area contributed by atoms with E-state index < -0.39 is 14.9 Å². The van der Waals surface area contributed by atoms with Crippen molar-refractivity contribution in [2.75, 3.05) is 47.3 Å². The van der Waals surface area contributed by atoms with Gasteiger partial charge in [0.15, 0.2) is 0 Å². The van der Waals surface area contributed by atoms with Crippen molar-refractivity contribution >= 4 is 8.80 Å². The highest BCUT2D eigenvalue weighted by Gasteiger charge is 2.35. The Morgan fingerprint density at radius 1 is 0.739 bits per heavy atom. The molecule has 1 atom stereocenters. The van der Waals surface area contributed by atoms with Gasteiger partial charge in [0.2, 0.25) is 0 Å². The van der Waals surface area contributed by atoms with Gasteiger partial charge in [-0.15, -0.1) is 0 Å². The summed E-state index contributed by atoms with van der Waals surface area (Å²) in [6, 6.07) is 0. The number of rotatable bonds is 11. The average Bonchev–Trinajstić information content (AvgIpc) is 2.27. The molecule has 0 bridgehead atoms. The molecule has 0 rings (SSSR count). The lowest BCUT2D eigenvalue weighted by Crippen LogP contribution is -2.45. The Morgan fingerprint density at radius 2 is 1.09 bits per heavy atom. The SMILES string of the molecule is C.C.C.C.C.C.COCCO[Si](C)(OCCOC)OCC(C)O. The summed E-state index contributed by atoms with van der Waals surface area (Å²) in [5.41, 5.74) is 0. The van der Waals surface area contributed by atoms with Crippen LogP contribution in [0.4, 0.5) is 0 Å². The first kappa shape index (κ1) is 43.5. The fourth-order valence-corrected chi connectivity index (χ4v) is 2.72. The fourth-order valence-electron chi connectivity index (χ4n) is 1.02. The Hall–Kier alpha value is -0.0231. The summed E-state index contributed by atoms with van der Waals surface area (Å²) in [4.78, 5) is 0. The normalized spacial score (nSPS) is 10.3. The number of hydrogen-bond acceptors (Lipinski definition) is 6. The predicted octanol–water partition coefficient (Wildman–Crippen LogP) is 4.10. The van der Waals surface area contributed by atoms with E-state index in [2.05, 4.69) is 0 Å². The second-order valence-electron chi connectivity index (χ2n) is 3.70. The molecule has 7 heteroatoms. The summed E-state index contributed by atoms with van der Waals surface area (Å²) in [5, 5.41) is 9.20. The molecular weight excluding hydrogens is 316 g/mol. The van der Waals surface area contributed by atoms with Gasteiger partial charge in [0.25, 0.3) is 0 Å². The molecule has 0 fully saturated rings. The zero-order valence-electron chi connectivity index (χ0n) is 11.1. The largest absolute Gasteiger partial charge is 0.497 e. The van der Waals surface area contributed by atoms with Crippen LogP contribution in [-0.2, 0) is 22.8 Å². The van der Waals surface area contributed by atoms with Crippen LogP contribution in [0.15, 0.2) is 0 Å². The number of hydrogen-bond donors (Lipinski definition) is 1. The van der Waals surface area contributed by atoms with Gasteiger partial charge in [-0.25, -0.2) is 0 Å². The van der Waals surface area contributed by atoms with Gasteiger partial charge >= 0.3 is 8.80 Å². The van der Waals surface area contributed by atoms with Gasteiger partial charge in [-0.05, 0) is 6.92 Å². The van der Waals surface area contributed by atoms with Gasteiger partial charge in [0.05, 0.1) is 39.1 Å². The van der Waals surface area contributed by atoms with Crippen molar-refractivity contribution in [3.63, 3.8) is 0 Å². The third-order valence-corrected chi connectivity index (χ3v) is 4.04. The van der Waals surface area contributed by atoms with Crippen LogP contribution in [0.3, 0.4) is 0 Å². The Bertz CT molecular complexity index is 172. The van der Waals surface area contributed by atoms with Crippen molar-refractivity contribution in [2.45, 2.75) is 64.1 Å². The van der Waals surface area contributed by atoms with Gasteiger partial charge in [-0.1, -0.05) is 44.6 Å². The van der Waals surface area contributed by atoms with E-state index in [-0.39, 0.29) is 51.2 Å². The third kappa shape index (κ3) is 27.1. The molecule has 0 radical (unpaired) electrons. The van der Waals surface area contributed by atoms with Crippen LogP contribution in [0, 0.1) is 0 Å². The first-order valence-corrected chi connectivity index (χ1v) is 7.84. The second-order valence-corrected chi connectivity index (χ2v) is 6.30. The Kier molecular flexibility index (Phi) is 50.8. The molecule has 1 N–H and O–H groups in total. The second kappa shape index (κ2) is 26.9. The van der Waals surface area contributed by atoms with Crippen LogP contribution in [-0.4, -0.2) is 67.3 Å². The molecule has 23 heavy (non-hydrogen) atoms. The molecule has 0 heterocycles. The van der Waals surface area contributed by atoms with Crippen molar-refractivity contribution < 1.29 is 27.9 Å². The monoisotopic (exact) mass is 364 g/mol. The molecule has 0 aromatic rings. The van der Waals surface area contributed by atoms with E-state index in [4.69, 9.17) is 22.8 Å². The summed E-state index contributed by atoms with van der Waals surface area (Å²) < 4.78 is 26.5. The van der Waals surface area contributed by atoms with Crippen molar-refractivity contribution in [3.8, 4) is 0 Å². The van der Waals surface area contributed by atoms with E-state index in [9.17, 15) is 5.11 Å². The van der Waals surface area contributed by atoms with E-state index in [1.807, 2.05) is 0 Å². The van der Waals surface area contributed by atoms with E-state index in [0.717, 1.165) is 0 Å². The maximum atomic E-state index is 9.20. The van der Waals surface area contributed by atoms with Crippen LogP contribution < -0.4 is 0 Å². The fraction of sp³-hybridized carbons (Fsp3) is 1.00. The molecule has 6 nitrogen and oxygen atoms in total. The molecule has 0 aromatic carbocycles. The minimum absolute atomic E-state index is 0. The molecule has 152 valence electrons. The quantitative estimate of drug-likeness (QED) is 0.440. The standard InChI is InChI=1S/C10H24O6Si.6CH4/c1-10(11)9-16-17(4,14-7-5-12-2)15-8-6-13-3;;;;;;/h10-11H,5-9H2,1-4H3;6*1H4. The van der Waals surface area contributed by atoms with Gasteiger partial charge < -0.3 is 27.9 Å². The number of aliphatic hydroxyl groups excluding tert-OH is 1. The summed E-state index contributed by atoms with van der Waals surface area (Å²) >= 11 is 0. The van der Waals surface area contributed by atoms with Crippen LogP contribution in [0.25, 0.3) is 0 Å². The third-order valence-electron chi connectivity index (χ3n) is 1.89. The maximum absolute atomic E-state index is 9.20. The molecule has 0 saturated heterocycles. The van der Waals surface area contributed by atoms with Gasteiger partial charge in [0.1, 0.15) is 0 Å². The van der Waals surface area contributed by atoms with Crippen LogP contribution in [0.5, 0.6) is 0 Å². The van der Waals surface area contributed by atoms with Gasteiger partial charge in [0, 0.05) is 20.8 Å². The summed E-state index contributed by atoms with van der Waals surface area (Å²) in [7, 11) is 0.497. The predicted molar refractivity (Wildman–Crippen MR) is 105 cm³/mol. The lowest BCUT2D eigenvalue weighted by atomic mass is 10.5. The Morgan fingerprint density at radius 3 is 1.35 bits per heavy atom. The number of aliphatic hydroxyl groups is 1. The summed E-state index contributed by atoms with van der Waals surface area (Å²) in [6.07, 6.45) is -0.543. The molecule has 0 amide bonds. The number of methoxy groups -OCH3 is 2. The minimum Gasteiger partial charge on any atom is -0.391 e. The zero-order chi connectivity index (χ0) is 13.1. The first-order valence-electron chi connectivity index (χ1n) is 5.62.